The molecule has 0 unspecified atom stereocenters. The first-order valence-electron chi connectivity index (χ1n) is 8.93. The molecule has 1 amide bonds. The molecule has 8 heteroatoms. The monoisotopic (exact) mass is 442 g/mol. The molecule has 2 aromatic rings. The maximum atomic E-state index is 12.2. The van der Waals surface area contributed by atoms with E-state index < -0.39 is 10.0 Å². The summed E-state index contributed by atoms with van der Waals surface area (Å²) in [4.78, 5) is 12.1. The molecule has 0 bridgehead atoms. The Balaban J connectivity index is 1.89. The number of hydrogen-bond acceptors (Lipinski definition) is 3. The molecular formula is C20H24Cl2N2O3S. The van der Waals surface area contributed by atoms with E-state index in [1.54, 1.807) is 12.1 Å². The van der Waals surface area contributed by atoms with Gasteiger partial charge in [-0.05, 0) is 36.1 Å². The van der Waals surface area contributed by atoms with Crippen LogP contribution in [0.3, 0.4) is 0 Å². The van der Waals surface area contributed by atoms with E-state index in [0.717, 1.165) is 11.8 Å². The van der Waals surface area contributed by atoms with Crippen molar-refractivity contribution in [2.75, 3.05) is 23.7 Å². The highest BCUT2D eigenvalue weighted by Gasteiger charge is 2.20. The Hall–Kier alpha value is -1.76. The van der Waals surface area contributed by atoms with Gasteiger partial charge in [0, 0.05) is 24.5 Å². The average molecular weight is 443 g/mol. The summed E-state index contributed by atoms with van der Waals surface area (Å²) >= 11 is 12.0. The lowest BCUT2D eigenvalue weighted by molar-refractivity contribution is -0.121. The Morgan fingerprint density at radius 3 is 2.43 bits per heavy atom. The van der Waals surface area contributed by atoms with E-state index in [0.29, 0.717) is 23.7 Å². The molecule has 1 atom stereocenters. The lowest BCUT2D eigenvalue weighted by Gasteiger charge is -2.23. The van der Waals surface area contributed by atoms with Crippen molar-refractivity contribution < 1.29 is 13.2 Å². The second kappa shape index (κ2) is 10.1. The summed E-state index contributed by atoms with van der Waals surface area (Å²) in [5.41, 5.74) is 1.51. The third-order valence-corrected chi connectivity index (χ3v) is 6.04. The van der Waals surface area contributed by atoms with Gasteiger partial charge in [0.2, 0.25) is 15.9 Å². The minimum atomic E-state index is -3.54. The predicted octanol–water partition coefficient (Wildman–Crippen LogP) is 4.46. The fraction of sp³-hybridized carbons (Fsp3) is 0.350. The molecule has 2 aromatic carbocycles. The third-order valence-electron chi connectivity index (χ3n) is 4.32. The largest absolute Gasteiger partial charge is 0.356 e. The number of anilines is 1. The van der Waals surface area contributed by atoms with Gasteiger partial charge in [0.1, 0.15) is 0 Å². The second-order valence-electron chi connectivity index (χ2n) is 6.65. The van der Waals surface area contributed by atoms with Crippen LogP contribution >= 0.6 is 23.2 Å². The van der Waals surface area contributed by atoms with E-state index in [1.807, 2.05) is 37.3 Å². The van der Waals surface area contributed by atoms with Crippen LogP contribution in [-0.2, 0) is 14.8 Å². The number of benzene rings is 2. The van der Waals surface area contributed by atoms with Crippen molar-refractivity contribution in [2.24, 2.45) is 0 Å². The SMILES string of the molecule is C[C@@H](CNC(=O)CCCN(c1ccc(Cl)cc1Cl)S(C)(=O)=O)c1ccccc1. The lowest BCUT2D eigenvalue weighted by Crippen LogP contribution is -2.33. The maximum Gasteiger partial charge on any atom is 0.232 e. The molecule has 152 valence electrons. The van der Waals surface area contributed by atoms with Crippen LogP contribution < -0.4 is 9.62 Å². The number of amides is 1. The zero-order valence-corrected chi connectivity index (χ0v) is 18.2. The first-order chi connectivity index (χ1) is 13.2. The molecular weight excluding hydrogens is 419 g/mol. The van der Waals surface area contributed by atoms with Crippen LogP contribution in [-0.4, -0.2) is 33.7 Å². The number of carbonyl (C=O) groups excluding carboxylic acids is 1. The normalized spacial score (nSPS) is 12.4. The van der Waals surface area contributed by atoms with Crippen molar-refractivity contribution in [3.8, 4) is 0 Å². The summed E-state index contributed by atoms with van der Waals surface area (Å²) in [6.07, 6.45) is 1.70. The lowest BCUT2D eigenvalue weighted by atomic mass is 10.0. The number of nitrogens with one attached hydrogen (secondary N) is 1. The van der Waals surface area contributed by atoms with Gasteiger partial charge in [-0.15, -0.1) is 0 Å². The minimum Gasteiger partial charge on any atom is -0.356 e. The van der Waals surface area contributed by atoms with Crippen LogP contribution in [0.5, 0.6) is 0 Å². The van der Waals surface area contributed by atoms with Crippen LogP contribution in [0.4, 0.5) is 5.69 Å². The summed E-state index contributed by atoms with van der Waals surface area (Å²) < 4.78 is 25.5. The molecule has 0 aliphatic carbocycles. The standard InChI is InChI=1S/C20H24Cl2N2O3S/c1-15(16-7-4-3-5-8-16)14-23-20(25)9-6-12-24(28(2,26)27)19-11-10-17(21)13-18(19)22/h3-5,7-8,10-11,13,15H,6,9,12,14H2,1-2H3,(H,23,25)/t15-/m0/s1. The van der Waals surface area contributed by atoms with Crippen molar-refractivity contribution in [1.29, 1.82) is 0 Å². The number of carbonyl (C=O) groups is 1. The van der Waals surface area contributed by atoms with E-state index in [2.05, 4.69) is 5.32 Å². The van der Waals surface area contributed by atoms with Gasteiger partial charge in [0.05, 0.1) is 17.0 Å². The Morgan fingerprint density at radius 1 is 1.14 bits per heavy atom. The van der Waals surface area contributed by atoms with E-state index in [4.69, 9.17) is 23.2 Å². The number of rotatable bonds is 9. The maximum absolute atomic E-state index is 12.2. The second-order valence-corrected chi connectivity index (χ2v) is 9.40. The van der Waals surface area contributed by atoms with Crippen LogP contribution in [0.25, 0.3) is 0 Å². The summed E-state index contributed by atoms with van der Waals surface area (Å²) in [5, 5.41) is 3.58. The van der Waals surface area contributed by atoms with Gasteiger partial charge in [-0.3, -0.25) is 9.10 Å². The minimum absolute atomic E-state index is 0.113. The first kappa shape index (κ1) is 22.5. The predicted molar refractivity (Wildman–Crippen MR) is 116 cm³/mol. The van der Waals surface area contributed by atoms with E-state index >= 15 is 0 Å². The van der Waals surface area contributed by atoms with Crippen LogP contribution in [0.1, 0.15) is 31.2 Å². The molecule has 2 rings (SSSR count). The highest BCUT2D eigenvalue weighted by Crippen LogP contribution is 2.30. The van der Waals surface area contributed by atoms with Gasteiger partial charge in [-0.2, -0.15) is 0 Å². The van der Waals surface area contributed by atoms with Crippen molar-refractivity contribution in [2.45, 2.75) is 25.7 Å². The third kappa shape index (κ3) is 6.69. The Morgan fingerprint density at radius 2 is 1.82 bits per heavy atom. The molecule has 0 aliphatic rings. The number of nitrogens with zero attached hydrogens (tertiary/aromatic N) is 1. The topological polar surface area (TPSA) is 66.5 Å². The summed E-state index contributed by atoms with van der Waals surface area (Å²) in [7, 11) is -3.54. The van der Waals surface area contributed by atoms with Gasteiger partial charge < -0.3 is 5.32 Å². The molecule has 5 nitrogen and oxygen atoms in total. The van der Waals surface area contributed by atoms with Crippen LogP contribution in [0, 0.1) is 0 Å². The van der Waals surface area contributed by atoms with Crippen molar-refractivity contribution in [1.82, 2.24) is 5.32 Å². The fourth-order valence-corrected chi connectivity index (χ4v) is 4.32. The van der Waals surface area contributed by atoms with Crippen LogP contribution in [0.15, 0.2) is 48.5 Å². The summed E-state index contributed by atoms with van der Waals surface area (Å²) in [5.74, 6) is 0.0870. The molecule has 1 N–H and O–H groups in total. The molecule has 0 saturated carbocycles. The smallest absolute Gasteiger partial charge is 0.232 e. The van der Waals surface area contributed by atoms with Crippen molar-refractivity contribution in [3.63, 3.8) is 0 Å². The van der Waals surface area contributed by atoms with Crippen molar-refractivity contribution >= 4 is 44.8 Å². The summed E-state index contributed by atoms with van der Waals surface area (Å²) in [6, 6.07) is 14.6. The van der Waals surface area contributed by atoms with Gasteiger partial charge in [-0.25, -0.2) is 8.42 Å². The zero-order chi connectivity index (χ0) is 20.7. The van der Waals surface area contributed by atoms with Gasteiger partial charge in [-0.1, -0.05) is 60.5 Å². The molecule has 0 spiro atoms. The molecule has 0 heterocycles. The number of hydrogen-bond donors (Lipinski definition) is 1. The first-order valence-corrected chi connectivity index (χ1v) is 11.5. The zero-order valence-electron chi connectivity index (χ0n) is 15.9. The Kier molecular flexibility index (Phi) is 8.16. The van der Waals surface area contributed by atoms with E-state index in [-0.39, 0.29) is 29.8 Å². The number of halogens is 2. The van der Waals surface area contributed by atoms with Crippen molar-refractivity contribution in [3.05, 3.63) is 64.1 Å². The van der Waals surface area contributed by atoms with E-state index in [1.165, 1.54) is 10.4 Å². The Bertz CT molecular complexity index is 905. The molecule has 0 fully saturated rings. The van der Waals surface area contributed by atoms with Gasteiger partial charge in [0.15, 0.2) is 0 Å². The van der Waals surface area contributed by atoms with Gasteiger partial charge in [0.25, 0.3) is 0 Å². The highest BCUT2D eigenvalue weighted by molar-refractivity contribution is 7.92. The Labute approximate surface area is 176 Å². The van der Waals surface area contributed by atoms with Gasteiger partial charge >= 0.3 is 0 Å². The highest BCUT2D eigenvalue weighted by atomic mass is 35.5. The molecule has 0 aliphatic heterocycles. The quantitative estimate of drug-likeness (QED) is 0.623. The number of sulfonamides is 1. The fourth-order valence-electron chi connectivity index (χ4n) is 2.79. The molecule has 28 heavy (non-hydrogen) atoms. The summed E-state index contributed by atoms with van der Waals surface area (Å²) in [6.45, 7) is 2.73. The van der Waals surface area contributed by atoms with E-state index in [9.17, 15) is 13.2 Å². The molecule has 0 radical (unpaired) electrons. The molecule has 0 aromatic heterocycles. The van der Waals surface area contributed by atoms with Crippen LogP contribution in [0.2, 0.25) is 10.0 Å². The average Bonchev–Trinajstić information content (AvgIpc) is 2.64. The molecule has 0 saturated heterocycles.